The summed E-state index contributed by atoms with van der Waals surface area (Å²) in [7, 11) is 0. The lowest BCUT2D eigenvalue weighted by atomic mass is 9.44. The van der Waals surface area contributed by atoms with E-state index in [1.54, 1.807) is 0 Å². The van der Waals surface area contributed by atoms with E-state index in [9.17, 15) is 19.2 Å². The van der Waals surface area contributed by atoms with E-state index in [4.69, 9.17) is 14.2 Å². The molecule has 0 aromatic rings. The fourth-order valence-corrected chi connectivity index (χ4v) is 8.16. The number of hydrogen-bond donors (Lipinski definition) is 0. The molecule has 0 heterocycles. The second kappa shape index (κ2) is 8.14. The zero-order valence-corrected chi connectivity index (χ0v) is 19.8. The van der Waals surface area contributed by atoms with Crippen molar-refractivity contribution in [1.82, 2.24) is 0 Å². The molecule has 7 heteroatoms. The van der Waals surface area contributed by atoms with Crippen LogP contribution in [0, 0.1) is 34.5 Å². The van der Waals surface area contributed by atoms with Crippen LogP contribution in [0.3, 0.4) is 0 Å². The third kappa shape index (κ3) is 3.96. The molecular weight excluding hydrogens is 412 g/mol. The van der Waals surface area contributed by atoms with Crippen molar-refractivity contribution in [3.8, 4) is 0 Å². The zero-order valence-electron chi connectivity index (χ0n) is 19.8. The van der Waals surface area contributed by atoms with E-state index in [1.165, 1.54) is 20.8 Å². The van der Waals surface area contributed by atoms with Crippen LogP contribution in [-0.2, 0) is 33.4 Å². The first-order valence-corrected chi connectivity index (χ1v) is 12.0. The highest BCUT2D eigenvalue weighted by Crippen LogP contribution is 2.67. The molecule has 0 amide bonds. The maximum Gasteiger partial charge on any atom is 0.302 e. The molecule has 0 aromatic heterocycles. The van der Waals surface area contributed by atoms with Crippen molar-refractivity contribution in [1.29, 1.82) is 0 Å². The first-order valence-electron chi connectivity index (χ1n) is 12.0. The van der Waals surface area contributed by atoms with Crippen LogP contribution in [0.1, 0.15) is 79.6 Å². The summed E-state index contributed by atoms with van der Waals surface area (Å²) in [6, 6.07) is 0. The van der Waals surface area contributed by atoms with Gasteiger partial charge in [-0.25, -0.2) is 0 Å². The standard InChI is InChI=1S/C25H36O7/c1-13(26)30-17-9-19-18-10-21(31-14(2)27)20-8-16(29)6-7-25(20,5)23(18)22(32-15(3)28)12-24(19,4)11-17/h17-23H,6-12H2,1-5H3/t17-,18+,19-,20-,21+,22-,23-,24+,25+/m1/s1. The predicted molar refractivity (Wildman–Crippen MR) is 114 cm³/mol. The van der Waals surface area contributed by atoms with Crippen molar-refractivity contribution in [2.45, 2.75) is 97.9 Å². The first kappa shape index (κ1) is 23.2. The lowest BCUT2D eigenvalue weighted by Crippen LogP contribution is -2.62. The minimum Gasteiger partial charge on any atom is -0.463 e. The van der Waals surface area contributed by atoms with E-state index in [0.29, 0.717) is 25.7 Å². The smallest absolute Gasteiger partial charge is 0.302 e. The summed E-state index contributed by atoms with van der Waals surface area (Å²) in [5, 5.41) is 0. The second-order valence-electron chi connectivity index (χ2n) is 11.2. The lowest BCUT2D eigenvalue weighted by molar-refractivity contribution is -0.214. The van der Waals surface area contributed by atoms with Crippen LogP contribution in [0.2, 0.25) is 0 Å². The zero-order chi connectivity index (χ0) is 23.4. The molecule has 9 atom stereocenters. The van der Waals surface area contributed by atoms with Gasteiger partial charge in [0.15, 0.2) is 0 Å². The molecule has 7 nitrogen and oxygen atoms in total. The van der Waals surface area contributed by atoms with Gasteiger partial charge in [-0.1, -0.05) is 13.8 Å². The van der Waals surface area contributed by atoms with Gasteiger partial charge in [-0.3, -0.25) is 19.2 Å². The molecule has 178 valence electrons. The normalized spacial score (nSPS) is 45.2. The molecule has 4 saturated carbocycles. The van der Waals surface area contributed by atoms with Gasteiger partial charge in [-0.15, -0.1) is 0 Å². The minimum atomic E-state index is -0.326. The largest absolute Gasteiger partial charge is 0.463 e. The molecule has 4 aliphatic rings. The summed E-state index contributed by atoms with van der Waals surface area (Å²) in [4.78, 5) is 48.2. The predicted octanol–water partition coefficient (Wildman–Crippen LogP) is 3.61. The van der Waals surface area contributed by atoms with Gasteiger partial charge in [-0.2, -0.15) is 0 Å². The summed E-state index contributed by atoms with van der Waals surface area (Å²) in [5.74, 6) is -0.220. The molecule has 4 aliphatic carbocycles. The molecule has 4 fully saturated rings. The highest BCUT2D eigenvalue weighted by molar-refractivity contribution is 5.80. The molecule has 0 N–H and O–H groups in total. The average Bonchev–Trinajstić information content (AvgIpc) is 2.96. The summed E-state index contributed by atoms with van der Waals surface area (Å²) >= 11 is 0. The molecule has 0 bridgehead atoms. The van der Waals surface area contributed by atoms with Gasteiger partial charge in [-0.05, 0) is 54.8 Å². The minimum absolute atomic E-state index is 0.0676. The molecule has 0 aliphatic heterocycles. The maximum absolute atomic E-state index is 12.4. The third-order valence-corrected chi connectivity index (χ3v) is 9.07. The summed E-state index contributed by atoms with van der Waals surface area (Å²) in [6.45, 7) is 8.74. The van der Waals surface area contributed by atoms with Crippen molar-refractivity contribution < 1.29 is 33.4 Å². The van der Waals surface area contributed by atoms with Crippen LogP contribution in [0.5, 0.6) is 0 Å². The number of carbonyl (C=O) groups excluding carboxylic acids is 4. The van der Waals surface area contributed by atoms with Gasteiger partial charge < -0.3 is 14.2 Å². The Labute approximate surface area is 189 Å². The number of fused-ring (bicyclic) bond motifs is 5. The molecular formula is C25H36O7. The van der Waals surface area contributed by atoms with Crippen LogP contribution >= 0.6 is 0 Å². The van der Waals surface area contributed by atoms with Crippen LogP contribution in [-0.4, -0.2) is 42.0 Å². The SMILES string of the molecule is CC(=O)O[C@@H]1C[C@@H]2[C@@H]3C[C@H](OC(C)=O)[C@H]4CC(=O)CC[C@]4(C)[C@H]3[C@H](OC(C)=O)C[C@]2(C)C1. The highest BCUT2D eigenvalue weighted by atomic mass is 16.6. The number of rotatable bonds is 3. The monoisotopic (exact) mass is 448 g/mol. The fraction of sp³-hybridized carbons (Fsp3) is 0.840. The van der Waals surface area contributed by atoms with Crippen molar-refractivity contribution in [2.75, 3.05) is 0 Å². The van der Waals surface area contributed by atoms with E-state index in [0.717, 1.165) is 19.3 Å². The second-order valence-corrected chi connectivity index (χ2v) is 11.2. The fourth-order valence-electron chi connectivity index (χ4n) is 8.16. The number of esters is 3. The summed E-state index contributed by atoms with van der Waals surface area (Å²) in [6.07, 6.45) is 3.80. The van der Waals surface area contributed by atoms with Gasteiger partial charge in [0.1, 0.15) is 24.1 Å². The highest BCUT2D eigenvalue weighted by Gasteiger charge is 2.66. The first-order chi connectivity index (χ1) is 14.9. The Kier molecular flexibility index (Phi) is 5.91. The number of carbonyl (C=O) groups is 4. The lowest BCUT2D eigenvalue weighted by Gasteiger charge is -2.62. The number of ketones is 1. The Hall–Kier alpha value is -1.92. The van der Waals surface area contributed by atoms with Crippen LogP contribution < -0.4 is 0 Å². The number of ether oxygens (including phenoxy) is 3. The summed E-state index contributed by atoms with van der Waals surface area (Å²) in [5.41, 5.74) is -0.395. The van der Waals surface area contributed by atoms with Gasteiger partial charge in [0, 0.05) is 45.4 Å². The van der Waals surface area contributed by atoms with Crippen molar-refractivity contribution in [3.05, 3.63) is 0 Å². The van der Waals surface area contributed by atoms with Gasteiger partial charge >= 0.3 is 17.9 Å². The van der Waals surface area contributed by atoms with E-state index in [2.05, 4.69) is 13.8 Å². The van der Waals surface area contributed by atoms with Gasteiger partial charge in [0.2, 0.25) is 0 Å². The van der Waals surface area contributed by atoms with Crippen molar-refractivity contribution in [2.24, 2.45) is 34.5 Å². The Bertz CT molecular complexity index is 821. The van der Waals surface area contributed by atoms with Crippen molar-refractivity contribution in [3.63, 3.8) is 0 Å². The van der Waals surface area contributed by atoms with Crippen LogP contribution in [0.4, 0.5) is 0 Å². The molecule has 0 aromatic carbocycles. The topological polar surface area (TPSA) is 96.0 Å². The molecule has 0 unspecified atom stereocenters. The van der Waals surface area contributed by atoms with E-state index < -0.39 is 0 Å². The quantitative estimate of drug-likeness (QED) is 0.481. The van der Waals surface area contributed by atoms with E-state index >= 15 is 0 Å². The Morgan fingerprint density at radius 2 is 1.47 bits per heavy atom. The number of hydrogen-bond acceptors (Lipinski definition) is 7. The Morgan fingerprint density at radius 3 is 2.09 bits per heavy atom. The third-order valence-electron chi connectivity index (χ3n) is 9.07. The van der Waals surface area contributed by atoms with E-state index in [1.807, 2.05) is 0 Å². The van der Waals surface area contributed by atoms with Gasteiger partial charge in [0.25, 0.3) is 0 Å². The molecule has 0 saturated heterocycles. The number of Topliss-reactive ketones (excluding diaryl/α,β-unsaturated/α-hetero) is 1. The summed E-state index contributed by atoms with van der Waals surface area (Å²) < 4.78 is 17.4. The van der Waals surface area contributed by atoms with E-state index in [-0.39, 0.29) is 76.5 Å². The van der Waals surface area contributed by atoms with Crippen LogP contribution in [0.15, 0.2) is 0 Å². The molecule has 0 spiro atoms. The van der Waals surface area contributed by atoms with Gasteiger partial charge in [0.05, 0.1) is 0 Å². The van der Waals surface area contributed by atoms with Crippen molar-refractivity contribution >= 4 is 23.7 Å². The average molecular weight is 449 g/mol. The molecule has 0 radical (unpaired) electrons. The van der Waals surface area contributed by atoms with Crippen LogP contribution in [0.25, 0.3) is 0 Å². The Morgan fingerprint density at radius 1 is 0.844 bits per heavy atom. The molecule has 32 heavy (non-hydrogen) atoms. The maximum atomic E-state index is 12.4. The Balaban J connectivity index is 1.75. The molecule has 4 rings (SSSR count).